The Kier molecular flexibility index (Phi) is 2.97. The molecule has 0 aliphatic carbocycles. The predicted octanol–water partition coefficient (Wildman–Crippen LogP) is 1.19. The van der Waals surface area contributed by atoms with Crippen LogP contribution in [0.4, 0.5) is 0 Å². The van der Waals surface area contributed by atoms with Gasteiger partial charge in [-0.25, -0.2) is 0 Å². The van der Waals surface area contributed by atoms with Gasteiger partial charge in [0.25, 0.3) is 5.91 Å². The second-order valence-electron chi connectivity index (χ2n) is 4.17. The fourth-order valence-corrected chi connectivity index (χ4v) is 1.99. The van der Waals surface area contributed by atoms with Crippen LogP contribution in [-0.4, -0.2) is 32.4 Å². The SMILES string of the molecule is O=C(NCCn1ccnn1)c1c[nH]c2ccccc12. The molecule has 0 aliphatic rings. The van der Waals surface area contributed by atoms with E-state index in [4.69, 9.17) is 0 Å². The number of fused-ring (bicyclic) bond motifs is 1. The van der Waals surface area contributed by atoms with Crippen LogP contribution < -0.4 is 5.32 Å². The molecule has 0 aliphatic heterocycles. The van der Waals surface area contributed by atoms with Crippen molar-refractivity contribution in [1.82, 2.24) is 25.3 Å². The summed E-state index contributed by atoms with van der Waals surface area (Å²) >= 11 is 0. The Hall–Kier alpha value is -2.63. The monoisotopic (exact) mass is 255 g/mol. The van der Waals surface area contributed by atoms with Gasteiger partial charge in [-0.1, -0.05) is 23.4 Å². The lowest BCUT2D eigenvalue weighted by atomic mass is 10.1. The molecule has 0 atom stereocenters. The van der Waals surface area contributed by atoms with E-state index in [-0.39, 0.29) is 5.91 Å². The van der Waals surface area contributed by atoms with Gasteiger partial charge in [0.1, 0.15) is 0 Å². The largest absolute Gasteiger partial charge is 0.360 e. The molecule has 3 rings (SSSR count). The lowest BCUT2D eigenvalue weighted by Crippen LogP contribution is -2.27. The highest BCUT2D eigenvalue weighted by molar-refractivity contribution is 6.06. The first-order valence-corrected chi connectivity index (χ1v) is 6.03. The summed E-state index contributed by atoms with van der Waals surface area (Å²) in [7, 11) is 0. The minimum absolute atomic E-state index is 0.0856. The molecule has 0 bridgehead atoms. The van der Waals surface area contributed by atoms with Crippen LogP contribution in [0.3, 0.4) is 0 Å². The van der Waals surface area contributed by atoms with E-state index in [1.54, 1.807) is 23.3 Å². The third kappa shape index (κ3) is 2.33. The summed E-state index contributed by atoms with van der Waals surface area (Å²) in [5.74, 6) is -0.0856. The molecule has 0 saturated heterocycles. The molecule has 2 heterocycles. The number of amides is 1. The molecule has 0 saturated carbocycles. The van der Waals surface area contributed by atoms with Crippen LogP contribution in [0.25, 0.3) is 10.9 Å². The second-order valence-corrected chi connectivity index (χ2v) is 4.17. The first-order valence-electron chi connectivity index (χ1n) is 6.03. The maximum absolute atomic E-state index is 12.1. The number of H-pyrrole nitrogens is 1. The standard InChI is InChI=1S/C13H13N5O/c19-13(14-5-7-18-8-6-16-17-18)11-9-15-12-4-2-1-3-10(11)12/h1-4,6,8-9,15H,5,7H2,(H,14,19). The van der Waals surface area contributed by atoms with Gasteiger partial charge < -0.3 is 10.3 Å². The van der Waals surface area contributed by atoms with Crippen molar-refractivity contribution < 1.29 is 4.79 Å². The van der Waals surface area contributed by atoms with Gasteiger partial charge >= 0.3 is 0 Å². The highest BCUT2D eigenvalue weighted by Crippen LogP contribution is 2.17. The minimum Gasteiger partial charge on any atom is -0.360 e. The zero-order valence-corrected chi connectivity index (χ0v) is 10.2. The zero-order valence-electron chi connectivity index (χ0n) is 10.2. The van der Waals surface area contributed by atoms with Crippen molar-refractivity contribution in [2.75, 3.05) is 6.54 Å². The van der Waals surface area contributed by atoms with E-state index in [0.29, 0.717) is 18.7 Å². The van der Waals surface area contributed by atoms with Crippen molar-refractivity contribution in [3.05, 3.63) is 48.4 Å². The molecule has 6 heteroatoms. The number of carbonyl (C=O) groups excluding carboxylic acids is 1. The number of para-hydroxylation sites is 1. The molecule has 0 unspecified atom stereocenters. The molecular weight excluding hydrogens is 242 g/mol. The molecule has 19 heavy (non-hydrogen) atoms. The van der Waals surface area contributed by atoms with Crippen molar-refractivity contribution in [3.63, 3.8) is 0 Å². The lowest BCUT2D eigenvalue weighted by Gasteiger charge is -2.04. The zero-order chi connectivity index (χ0) is 13.1. The highest BCUT2D eigenvalue weighted by atomic mass is 16.1. The van der Waals surface area contributed by atoms with Crippen molar-refractivity contribution in [2.24, 2.45) is 0 Å². The number of benzene rings is 1. The number of hydrogen-bond donors (Lipinski definition) is 2. The number of hydrogen-bond acceptors (Lipinski definition) is 3. The Morgan fingerprint density at radius 1 is 1.37 bits per heavy atom. The Bertz CT molecular complexity index is 686. The van der Waals surface area contributed by atoms with Gasteiger partial charge in [0.05, 0.1) is 18.3 Å². The van der Waals surface area contributed by atoms with E-state index in [0.717, 1.165) is 10.9 Å². The van der Waals surface area contributed by atoms with E-state index in [1.165, 1.54) is 0 Å². The van der Waals surface area contributed by atoms with Crippen molar-refractivity contribution >= 4 is 16.8 Å². The number of nitrogens with one attached hydrogen (secondary N) is 2. The summed E-state index contributed by atoms with van der Waals surface area (Å²) in [5.41, 5.74) is 1.62. The molecule has 0 radical (unpaired) electrons. The van der Waals surface area contributed by atoms with E-state index in [2.05, 4.69) is 20.6 Å². The van der Waals surface area contributed by atoms with Crippen LogP contribution in [0.5, 0.6) is 0 Å². The maximum Gasteiger partial charge on any atom is 0.253 e. The molecule has 3 aromatic rings. The maximum atomic E-state index is 12.1. The fraction of sp³-hybridized carbons (Fsp3) is 0.154. The van der Waals surface area contributed by atoms with Gasteiger partial charge in [-0.2, -0.15) is 0 Å². The Labute approximate surface area is 109 Å². The summed E-state index contributed by atoms with van der Waals surface area (Å²) in [6, 6.07) is 7.73. The number of rotatable bonds is 4. The van der Waals surface area contributed by atoms with Gasteiger partial charge in [0.15, 0.2) is 0 Å². The van der Waals surface area contributed by atoms with Crippen LogP contribution in [-0.2, 0) is 6.54 Å². The summed E-state index contributed by atoms with van der Waals surface area (Å²) in [6.45, 7) is 1.12. The van der Waals surface area contributed by atoms with Gasteiger partial charge in [-0.15, -0.1) is 5.10 Å². The molecule has 6 nitrogen and oxygen atoms in total. The third-order valence-corrected chi connectivity index (χ3v) is 2.93. The molecule has 1 aromatic carbocycles. The van der Waals surface area contributed by atoms with Gasteiger partial charge in [-0.3, -0.25) is 9.48 Å². The van der Waals surface area contributed by atoms with Crippen LogP contribution in [0.15, 0.2) is 42.9 Å². The van der Waals surface area contributed by atoms with Gasteiger partial charge in [0, 0.05) is 29.8 Å². The van der Waals surface area contributed by atoms with E-state index >= 15 is 0 Å². The average Bonchev–Trinajstić information content (AvgIpc) is 3.07. The molecule has 0 spiro atoms. The second kappa shape index (κ2) is 4.93. The van der Waals surface area contributed by atoms with E-state index < -0.39 is 0 Å². The number of aromatic amines is 1. The molecular formula is C13H13N5O. The quantitative estimate of drug-likeness (QED) is 0.735. The fourth-order valence-electron chi connectivity index (χ4n) is 1.99. The Morgan fingerprint density at radius 2 is 2.26 bits per heavy atom. The van der Waals surface area contributed by atoms with Crippen molar-refractivity contribution in [2.45, 2.75) is 6.54 Å². The van der Waals surface area contributed by atoms with Crippen LogP contribution in [0, 0.1) is 0 Å². The summed E-state index contributed by atoms with van der Waals surface area (Å²) in [4.78, 5) is 15.2. The topological polar surface area (TPSA) is 75.6 Å². The van der Waals surface area contributed by atoms with Crippen molar-refractivity contribution in [1.29, 1.82) is 0 Å². The number of aromatic nitrogens is 4. The predicted molar refractivity (Wildman–Crippen MR) is 70.7 cm³/mol. The molecule has 2 aromatic heterocycles. The molecule has 2 N–H and O–H groups in total. The van der Waals surface area contributed by atoms with E-state index in [1.807, 2.05) is 24.3 Å². The number of nitrogens with zero attached hydrogens (tertiary/aromatic N) is 3. The van der Waals surface area contributed by atoms with Gasteiger partial charge in [0.2, 0.25) is 0 Å². The third-order valence-electron chi connectivity index (χ3n) is 2.93. The summed E-state index contributed by atoms with van der Waals surface area (Å²) < 4.78 is 1.68. The minimum atomic E-state index is -0.0856. The first kappa shape index (κ1) is 11.5. The molecule has 0 fully saturated rings. The molecule has 1 amide bonds. The first-order chi connectivity index (χ1) is 9.34. The van der Waals surface area contributed by atoms with Gasteiger partial charge in [-0.05, 0) is 6.07 Å². The van der Waals surface area contributed by atoms with E-state index in [9.17, 15) is 4.79 Å². The average molecular weight is 255 g/mol. The van der Waals surface area contributed by atoms with Crippen LogP contribution in [0.1, 0.15) is 10.4 Å². The summed E-state index contributed by atoms with van der Waals surface area (Å²) in [6.07, 6.45) is 5.11. The Morgan fingerprint density at radius 3 is 3.11 bits per heavy atom. The molecule has 96 valence electrons. The number of carbonyl (C=O) groups is 1. The smallest absolute Gasteiger partial charge is 0.253 e. The lowest BCUT2D eigenvalue weighted by molar-refractivity contribution is 0.0953. The summed E-state index contributed by atoms with van der Waals surface area (Å²) in [5, 5.41) is 11.3. The van der Waals surface area contributed by atoms with Crippen LogP contribution in [0.2, 0.25) is 0 Å². The normalized spacial score (nSPS) is 10.7. The Balaban J connectivity index is 1.67. The van der Waals surface area contributed by atoms with Crippen LogP contribution >= 0.6 is 0 Å². The highest BCUT2D eigenvalue weighted by Gasteiger charge is 2.10. The van der Waals surface area contributed by atoms with Crippen molar-refractivity contribution in [3.8, 4) is 0 Å².